The summed E-state index contributed by atoms with van der Waals surface area (Å²) in [6.07, 6.45) is 0. The molecule has 0 unspecified atom stereocenters. The maximum atomic E-state index is 6.77. The molecule has 2 aromatic heterocycles. The van der Waals surface area contributed by atoms with Crippen molar-refractivity contribution in [2.75, 3.05) is 0 Å². The topological polar surface area (TPSA) is 77.0 Å². The monoisotopic (exact) mass is 645 g/mol. The van der Waals surface area contributed by atoms with Crippen LogP contribution in [0.3, 0.4) is 0 Å². The Bertz CT molecular complexity index is 2720. The van der Waals surface area contributed by atoms with Gasteiger partial charge in [0, 0.05) is 38.2 Å². The van der Waals surface area contributed by atoms with E-state index in [0.717, 1.165) is 82.8 Å². The summed E-state index contributed by atoms with van der Waals surface area (Å²) in [6, 6.07) is 55.4. The number of hydrogen-bond donors (Lipinski definition) is 1. The quantitative estimate of drug-likeness (QED) is 0.144. The number of furan rings is 2. The lowest BCUT2D eigenvalue weighted by molar-refractivity contribution is 0.669. The lowest BCUT2D eigenvalue weighted by atomic mass is 10.0. The van der Waals surface area contributed by atoms with Crippen molar-refractivity contribution in [1.82, 2.24) is 0 Å². The second kappa shape index (κ2) is 12.4. The molecule has 0 aliphatic carbocycles. The van der Waals surface area contributed by atoms with Crippen molar-refractivity contribution in [2.45, 2.75) is 6.54 Å². The van der Waals surface area contributed by atoms with Crippen molar-refractivity contribution >= 4 is 55.5 Å². The third-order valence-electron chi connectivity index (χ3n) is 9.24. The summed E-state index contributed by atoms with van der Waals surface area (Å²) >= 11 is 0. The first-order chi connectivity index (χ1) is 24.7. The molecule has 2 heterocycles. The van der Waals surface area contributed by atoms with Gasteiger partial charge < -0.3 is 14.6 Å². The van der Waals surface area contributed by atoms with Gasteiger partial charge in [-0.25, -0.2) is 4.99 Å². The van der Waals surface area contributed by atoms with Crippen molar-refractivity contribution < 1.29 is 8.83 Å². The van der Waals surface area contributed by atoms with Gasteiger partial charge in [-0.1, -0.05) is 133 Å². The van der Waals surface area contributed by atoms with Crippen LogP contribution in [-0.2, 0) is 6.54 Å². The average molecular weight is 646 g/mol. The highest BCUT2D eigenvalue weighted by molar-refractivity contribution is 6.14. The van der Waals surface area contributed by atoms with Gasteiger partial charge in [-0.05, 0) is 52.6 Å². The maximum absolute atomic E-state index is 6.77. The number of nitrogens with two attached hydrogens (primary N) is 1. The maximum Gasteiger partial charge on any atom is 0.157 e. The molecule has 238 valence electrons. The normalized spacial score (nSPS) is 12.4. The molecule has 0 fully saturated rings. The predicted molar refractivity (Wildman–Crippen MR) is 206 cm³/mol. The highest BCUT2D eigenvalue weighted by Gasteiger charge is 2.16. The van der Waals surface area contributed by atoms with E-state index in [2.05, 4.69) is 78.9 Å². The predicted octanol–water partition coefficient (Wildman–Crippen LogP) is 11.2. The van der Waals surface area contributed by atoms with Crippen LogP contribution in [0.4, 0.5) is 0 Å². The van der Waals surface area contributed by atoms with Crippen molar-refractivity contribution in [3.05, 3.63) is 180 Å². The van der Waals surface area contributed by atoms with Gasteiger partial charge in [-0.3, -0.25) is 4.99 Å². The first-order valence-corrected chi connectivity index (χ1v) is 16.6. The third-order valence-corrected chi connectivity index (χ3v) is 9.24. The standard InChI is InChI=1S/C45H31N3O2/c46-44(33-25-26-40-38(27-33)36-16-7-8-19-39(36)49-40)48-45(32-23-21-30(22-24-32)29-11-3-1-4-12-29)47-28-34-15-9-20-41-42(34)37-18-10-17-35(43(37)50-41)31-13-5-2-6-14-31/h1-27H,28H2,(H2,46,47,48). The minimum atomic E-state index is 0.377. The van der Waals surface area contributed by atoms with Crippen LogP contribution in [0.1, 0.15) is 16.7 Å². The highest BCUT2D eigenvalue weighted by Crippen LogP contribution is 2.37. The summed E-state index contributed by atoms with van der Waals surface area (Å²) in [4.78, 5) is 10.1. The number of rotatable bonds is 6. The molecule has 50 heavy (non-hydrogen) atoms. The average Bonchev–Trinajstić information content (AvgIpc) is 3.76. The number of benzene rings is 7. The Balaban J connectivity index is 1.14. The Morgan fingerprint density at radius 1 is 0.500 bits per heavy atom. The summed E-state index contributed by atoms with van der Waals surface area (Å²) in [6.45, 7) is 0.388. The van der Waals surface area contributed by atoms with E-state index in [1.165, 1.54) is 0 Å². The van der Waals surface area contributed by atoms with Crippen LogP contribution in [0.25, 0.3) is 66.1 Å². The van der Waals surface area contributed by atoms with Gasteiger partial charge in [0.05, 0.1) is 6.54 Å². The van der Waals surface area contributed by atoms with Crippen LogP contribution < -0.4 is 5.73 Å². The molecule has 7 aromatic carbocycles. The van der Waals surface area contributed by atoms with Crippen molar-refractivity contribution in [3.8, 4) is 22.3 Å². The first kappa shape index (κ1) is 29.4. The fraction of sp³-hybridized carbons (Fsp3) is 0.0222. The molecule has 0 saturated heterocycles. The largest absolute Gasteiger partial charge is 0.456 e. The number of aliphatic imine (C=N–C) groups is 2. The van der Waals surface area contributed by atoms with Gasteiger partial charge in [0.25, 0.3) is 0 Å². The molecular weight excluding hydrogens is 615 g/mol. The molecule has 5 heteroatoms. The molecule has 0 aliphatic rings. The van der Waals surface area contributed by atoms with E-state index in [1.807, 2.05) is 84.9 Å². The SMILES string of the molecule is NC(=NC(=NCc1cccc2oc3c(-c4ccccc4)cccc3c12)c1ccc(-c2ccccc2)cc1)c1ccc2oc3ccccc3c2c1. The zero-order valence-electron chi connectivity index (χ0n) is 27.1. The summed E-state index contributed by atoms with van der Waals surface area (Å²) in [5.74, 6) is 0.927. The van der Waals surface area contributed by atoms with E-state index in [-0.39, 0.29) is 0 Å². The van der Waals surface area contributed by atoms with E-state index < -0.39 is 0 Å². The zero-order valence-corrected chi connectivity index (χ0v) is 27.1. The van der Waals surface area contributed by atoms with Crippen LogP contribution in [0.2, 0.25) is 0 Å². The van der Waals surface area contributed by atoms with Crippen molar-refractivity contribution in [2.24, 2.45) is 15.7 Å². The molecule has 9 aromatic rings. The lowest BCUT2D eigenvalue weighted by Crippen LogP contribution is -2.16. The molecule has 5 nitrogen and oxygen atoms in total. The Morgan fingerprint density at radius 2 is 1.14 bits per heavy atom. The van der Waals surface area contributed by atoms with Crippen molar-refractivity contribution in [1.29, 1.82) is 0 Å². The van der Waals surface area contributed by atoms with Crippen molar-refractivity contribution in [3.63, 3.8) is 0 Å². The van der Waals surface area contributed by atoms with Crippen LogP contribution in [0.5, 0.6) is 0 Å². The Hall–Kier alpha value is -6.72. The van der Waals surface area contributed by atoms with E-state index in [9.17, 15) is 0 Å². The lowest BCUT2D eigenvalue weighted by Gasteiger charge is -2.08. The number of hydrogen-bond acceptors (Lipinski definition) is 3. The second-order valence-corrected chi connectivity index (χ2v) is 12.3. The summed E-state index contributed by atoms with van der Waals surface area (Å²) in [7, 11) is 0. The van der Waals surface area contributed by atoms with Crippen LogP contribution in [0.15, 0.2) is 183 Å². The third kappa shape index (κ3) is 5.31. The van der Waals surface area contributed by atoms with Gasteiger partial charge in [-0.2, -0.15) is 0 Å². The van der Waals surface area contributed by atoms with Gasteiger partial charge in [0.2, 0.25) is 0 Å². The minimum Gasteiger partial charge on any atom is -0.456 e. The molecule has 0 radical (unpaired) electrons. The number of fused-ring (bicyclic) bond motifs is 6. The van der Waals surface area contributed by atoms with Crippen LogP contribution in [-0.4, -0.2) is 11.7 Å². The molecule has 0 atom stereocenters. The number of amidine groups is 2. The molecule has 2 N–H and O–H groups in total. The van der Waals surface area contributed by atoms with Crippen LogP contribution in [0, 0.1) is 0 Å². The highest BCUT2D eigenvalue weighted by atomic mass is 16.3. The smallest absolute Gasteiger partial charge is 0.157 e. The Morgan fingerprint density at radius 3 is 1.96 bits per heavy atom. The molecule has 0 bridgehead atoms. The van der Waals surface area contributed by atoms with E-state index >= 15 is 0 Å². The number of nitrogens with zero attached hydrogens (tertiary/aromatic N) is 2. The molecule has 0 aliphatic heterocycles. The fourth-order valence-corrected chi connectivity index (χ4v) is 6.76. The summed E-state index contributed by atoms with van der Waals surface area (Å²) in [5, 5.41) is 4.15. The summed E-state index contributed by atoms with van der Waals surface area (Å²) < 4.78 is 12.6. The second-order valence-electron chi connectivity index (χ2n) is 12.3. The van der Waals surface area contributed by atoms with Gasteiger partial charge >= 0.3 is 0 Å². The Labute approximate surface area is 288 Å². The van der Waals surface area contributed by atoms with Gasteiger partial charge in [0.1, 0.15) is 28.2 Å². The molecule has 0 amide bonds. The van der Waals surface area contributed by atoms with E-state index in [4.69, 9.17) is 24.6 Å². The molecule has 0 saturated carbocycles. The Kier molecular flexibility index (Phi) is 7.29. The molecule has 0 spiro atoms. The van der Waals surface area contributed by atoms with Gasteiger partial charge in [0.15, 0.2) is 5.84 Å². The number of para-hydroxylation sites is 2. The van der Waals surface area contributed by atoms with E-state index in [0.29, 0.717) is 18.2 Å². The fourth-order valence-electron chi connectivity index (χ4n) is 6.76. The van der Waals surface area contributed by atoms with E-state index in [1.54, 1.807) is 0 Å². The van der Waals surface area contributed by atoms with Crippen LogP contribution >= 0.6 is 0 Å². The minimum absolute atomic E-state index is 0.377. The van der Waals surface area contributed by atoms with Gasteiger partial charge in [-0.15, -0.1) is 0 Å². The molecular formula is C45H31N3O2. The molecule has 9 rings (SSSR count). The zero-order chi connectivity index (χ0) is 33.4. The first-order valence-electron chi connectivity index (χ1n) is 16.6. The summed E-state index contributed by atoms with van der Waals surface area (Å²) in [5.41, 5.74) is 17.3.